The standard InChI is InChI=1S/C11H16N4/c1-14-9-10(8-13-14)4-6-15-5-2-3-11(15)7-12/h8-9,11H,2-6H2,1H3. The fraction of sp³-hybridized carbons (Fsp3) is 0.636. The van der Waals surface area contributed by atoms with Gasteiger partial charge in [-0.2, -0.15) is 10.4 Å². The molecule has 4 heteroatoms. The highest BCUT2D eigenvalue weighted by Crippen LogP contribution is 2.16. The van der Waals surface area contributed by atoms with E-state index in [0.29, 0.717) is 0 Å². The summed E-state index contributed by atoms with van der Waals surface area (Å²) in [4.78, 5) is 2.27. The Labute approximate surface area is 90.1 Å². The lowest BCUT2D eigenvalue weighted by molar-refractivity contribution is 0.298. The topological polar surface area (TPSA) is 44.9 Å². The molecule has 1 aliphatic rings. The number of hydrogen-bond donors (Lipinski definition) is 0. The van der Waals surface area contributed by atoms with Gasteiger partial charge in [0.2, 0.25) is 0 Å². The van der Waals surface area contributed by atoms with Crippen LogP contribution in [-0.4, -0.2) is 33.8 Å². The van der Waals surface area contributed by atoms with E-state index in [1.165, 1.54) is 5.56 Å². The van der Waals surface area contributed by atoms with Gasteiger partial charge in [-0.05, 0) is 31.4 Å². The lowest BCUT2D eigenvalue weighted by Gasteiger charge is -2.17. The van der Waals surface area contributed by atoms with Gasteiger partial charge in [0.15, 0.2) is 0 Å². The summed E-state index contributed by atoms with van der Waals surface area (Å²) >= 11 is 0. The molecule has 1 aliphatic heterocycles. The third-order valence-electron chi connectivity index (χ3n) is 2.96. The maximum absolute atomic E-state index is 8.93. The summed E-state index contributed by atoms with van der Waals surface area (Å²) in [5.41, 5.74) is 1.25. The fourth-order valence-corrected chi connectivity index (χ4v) is 2.11. The van der Waals surface area contributed by atoms with Gasteiger partial charge in [0.25, 0.3) is 0 Å². The van der Waals surface area contributed by atoms with Crippen LogP contribution in [0.25, 0.3) is 0 Å². The van der Waals surface area contributed by atoms with Crippen LogP contribution in [0, 0.1) is 11.3 Å². The molecular weight excluding hydrogens is 188 g/mol. The molecular formula is C11H16N4. The monoisotopic (exact) mass is 204 g/mol. The second-order valence-corrected chi connectivity index (χ2v) is 4.10. The van der Waals surface area contributed by atoms with Gasteiger partial charge in [-0.25, -0.2) is 0 Å². The summed E-state index contributed by atoms with van der Waals surface area (Å²) in [5.74, 6) is 0. The minimum atomic E-state index is 0.140. The summed E-state index contributed by atoms with van der Waals surface area (Å²) in [6.07, 6.45) is 7.12. The van der Waals surface area contributed by atoms with Crippen molar-refractivity contribution in [3.63, 3.8) is 0 Å². The lowest BCUT2D eigenvalue weighted by Crippen LogP contribution is -2.30. The molecule has 4 nitrogen and oxygen atoms in total. The Kier molecular flexibility index (Phi) is 3.02. The number of likely N-dealkylation sites (tertiary alicyclic amines) is 1. The van der Waals surface area contributed by atoms with Crippen LogP contribution in [0.4, 0.5) is 0 Å². The van der Waals surface area contributed by atoms with Crippen molar-refractivity contribution >= 4 is 0 Å². The molecule has 0 aliphatic carbocycles. The number of nitriles is 1. The second-order valence-electron chi connectivity index (χ2n) is 4.10. The zero-order valence-corrected chi connectivity index (χ0v) is 9.06. The predicted octanol–water partition coefficient (Wildman–Crippen LogP) is 0.951. The third-order valence-corrected chi connectivity index (χ3v) is 2.96. The van der Waals surface area contributed by atoms with E-state index < -0.39 is 0 Å². The molecule has 1 saturated heterocycles. The van der Waals surface area contributed by atoms with Crippen LogP contribution in [0.3, 0.4) is 0 Å². The molecule has 0 spiro atoms. The predicted molar refractivity (Wildman–Crippen MR) is 57.1 cm³/mol. The maximum Gasteiger partial charge on any atom is 0.0978 e. The van der Waals surface area contributed by atoms with E-state index in [1.54, 1.807) is 0 Å². The summed E-state index contributed by atoms with van der Waals surface area (Å²) < 4.78 is 1.82. The SMILES string of the molecule is Cn1cc(CCN2CCCC2C#N)cn1. The van der Waals surface area contributed by atoms with Crippen LogP contribution in [-0.2, 0) is 13.5 Å². The van der Waals surface area contributed by atoms with E-state index >= 15 is 0 Å². The summed E-state index contributed by atoms with van der Waals surface area (Å²) in [7, 11) is 1.93. The molecule has 1 aromatic rings. The first-order valence-corrected chi connectivity index (χ1v) is 5.41. The fourth-order valence-electron chi connectivity index (χ4n) is 2.11. The van der Waals surface area contributed by atoms with Gasteiger partial charge < -0.3 is 0 Å². The Morgan fingerprint density at radius 2 is 2.53 bits per heavy atom. The minimum absolute atomic E-state index is 0.140. The second kappa shape index (κ2) is 4.45. The van der Waals surface area contributed by atoms with E-state index in [2.05, 4.69) is 16.1 Å². The zero-order chi connectivity index (χ0) is 10.7. The minimum Gasteiger partial charge on any atom is -0.288 e. The molecule has 0 bridgehead atoms. The third kappa shape index (κ3) is 2.37. The smallest absolute Gasteiger partial charge is 0.0978 e. The van der Waals surface area contributed by atoms with Crippen molar-refractivity contribution < 1.29 is 0 Å². The Hall–Kier alpha value is -1.34. The van der Waals surface area contributed by atoms with Gasteiger partial charge in [0, 0.05) is 19.8 Å². The van der Waals surface area contributed by atoms with Crippen molar-refractivity contribution in [1.29, 1.82) is 5.26 Å². The van der Waals surface area contributed by atoms with E-state index in [-0.39, 0.29) is 6.04 Å². The van der Waals surface area contributed by atoms with E-state index in [9.17, 15) is 0 Å². The Morgan fingerprint density at radius 1 is 1.67 bits per heavy atom. The molecule has 1 unspecified atom stereocenters. The number of nitrogens with zero attached hydrogens (tertiary/aromatic N) is 4. The van der Waals surface area contributed by atoms with Crippen molar-refractivity contribution in [1.82, 2.24) is 14.7 Å². The highest BCUT2D eigenvalue weighted by molar-refractivity contribution is 5.05. The molecule has 1 aromatic heterocycles. The molecule has 1 atom stereocenters. The highest BCUT2D eigenvalue weighted by atomic mass is 15.2. The average molecular weight is 204 g/mol. The first-order chi connectivity index (χ1) is 7.29. The molecule has 80 valence electrons. The van der Waals surface area contributed by atoms with E-state index in [1.807, 2.05) is 24.1 Å². The first-order valence-electron chi connectivity index (χ1n) is 5.41. The number of aromatic nitrogens is 2. The van der Waals surface area contributed by atoms with Gasteiger partial charge >= 0.3 is 0 Å². The van der Waals surface area contributed by atoms with Gasteiger partial charge in [-0.1, -0.05) is 0 Å². The summed E-state index contributed by atoms with van der Waals surface area (Å²) in [6.45, 7) is 2.04. The molecule has 1 fully saturated rings. The molecule has 2 rings (SSSR count). The van der Waals surface area contributed by atoms with E-state index in [4.69, 9.17) is 5.26 Å². The molecule has 2 heterocycles. The van der Waals surface area contributed by atoms with Crippen molar-refractivity contribution in [2.45, 2.75) is 25.3 Å². The van der Waals surface area contributed by atoms with Crippen LogP contribution in [0.15, 0.2) is 12.4 Å². The van der Waals surface area contributed by atoms with Gasteiger partial charge in [-0.3, -0.25) is 9.58 Å². The van der Waals surface area contributed by atoms with Crippen LogP contribution in [0.2, 0.25) is 0 Å². The number of rotatable bonds is 3. The zero-order valence-electron chi connectivity index (χ0n) is 9.06. The first kappa shape index (κ1) is 10.2. The molecule has 15 heavy (non-hydrogen) atoms. The van der Waals surface area contributed by atoms with Crippen molar-refractivity contribution in [2.24, 2.45) is 7.05 Å². The number of hydrogen-bond acceptors (Lipinski definition) is 3. The average Bonchev–Trinajstić information content (AvgIpc) is 2.83. The normalized spacial score (nSPS) is 21.7. The molecule has 0 saturated carbocycles. The van der Waals surface area contributed by atoms with Gasteiger partial charge in [0.05, 0.1) is 18.3 Å². The van der Waals surface area contributed by atoms with Crippen molar-refractivity contribution in [3.8, 4) is 6.07 Å². The van der Waals surface area contributed by atoms with Crippen LogP contribution >= 0.6 is 0 Å². The molecule has 0 aromatic carbocycles. The largest absolute Gasteiger partial charge is 0.288 e. The molecule has 0 radical (unpaired) electrons. The Balaban J connectivity index is 1.85. The Bertz CT molecular complexity index is 363. The molecule has 0 N–H and O–H groups in total. The number of aryl methyl sites for hydroxylation is 1. The Morgan fingerprint density at radius 3 is 3.20 bits per heavy atom. The van der Waals surface area contributed by atoms with Gasteiger partial charge in [0.1, 0.15) is 0 Å². The van der Waals surface area contributed by atoms with Crippen LogP contribution in [0.5, 0.6) is 0 Å². The quantitative estimate of drug-likeness (QED) is 0.736. The highest BCUT2D eigenvalue weighted by Gasteiger charge is 2.23. The van der Waals surface area contributed by atoms with Crippen molar-refractivity contribution in [2.75, 3.05) is 13.1 Å². The van der Waals surface area contributed by atoms with E-state index in [0.717, 1.165) is 32.4 Å². The molecule has 0 amide bonds. The van der Waals surface area contributed by atoms with Gasteiger partial charge in [-0.15, -0.1) is 0 Å². The summed E-state index contributed by atoms with van der Waals surface area (Å²) in [6, 6.07) is 2.50. The lowest BCUT2D eigenvalue weighted by atomic mass is 10.2. The summed E-state index contributed by atoms with van der Waals surface area (Å²) in [5, 5.41) is 13.1. The van der Waals surface area contributed by atoms with Crippen molar-refractivity contribution in [3.05, 3.63) is 18.0 Å². The maximum atomic E-state index is 8.93. The van der Waals surface area contributed by atoms with Crippen LogP contribution < -0.4 is 0 Å². The van der Waals surface area contributed by atoms with Crippen LogP contribution in [0.1, 0.15) is 18.4 Å².